The summed E-state index contributed by atoms with van der Waals surface area (Å²) in [6.45, 7) is 1.80. The molecule has 8 heavy (non-hydrogen) atoms. The van der Waals surface area contributed by atoms with Crippen LogP contribution in [0.5, 0.6) is 0 Å². The summed E-state index contributed by atoms with van der Waals surface area (Å²) >= 11 is 0. The van der Waals surface area contributed by atoms with Crippen molar-refractivity contribution in [1.29, 1.82) is 0 Å². The highest BCUT2D eigenvalue weighted by Crippen LogP contribution is 1.76. The van der Waals surface area contributed by atoms with E-state index < -0.39 is 9.84 Å². The van der Waals surface area contributed by atoms with E-state index in [0.29, 0.717) is 6.42 Å². The lowest BCUT2D eigenvalue weighted by Gasteiger charge is -1.74. The first-order valence-corrected chi connectivity index (χ1v) is 4.15. The molecule has 0 saturated carbocycles. The Kier molecular flexibility index (Phi) is 2.56. The summed E-state index contributed by atoms with van der Waals surface area (Å²) in [4.78, 5) is 0. The lowest BCUT2D eigenvalue weighted by molar-refractivity contribution is 0.611. The second-order valence-corrected chi connectivity index (χ2v) is 3.15. The van der Waals surface area contributed by atoms with Crippen molar-refractivity contribution >= 4 is 9.84 Å². The van der Waals surface area contributed by atoms with Crippen LogP contribution in [0.1, 0.15) is 13.3 Å². The van der Waals surface area contributed by atoms with Crippen LogP contribution in [0.3, 0.4) is 0 Å². The van der Waals surface area contributed by atoms with E-state index in [1.54, 1.807) is 6.92 Å². The Balaban J connectivity index is 4.12. The van der Waals surface area contributed by atoms with E-state index >= 15 is 0 Å². The van der Waals surface area contributed by atoms with Crippen LogP contribution in [0.4, 0.5) is 0 Å². The van der Waals surface area contributed by atoms with E-state index in [9.17, 15) is 8.42 Å². The summed E-state index contributed by atoms with van der Waals surface area (Å²) in [7, 11) is -3.05. The maximum atomic E-state index is 10.2. The summed E-state index contributed by atoms with van der Waals surface area (Å²) in [6.07, 6.45) is 1.68. The van der Waals surface area contributed by atoms with Crippen molar-refractivity contribution in [3.63, 3.8) is 0 Å². The molecule has 0 heterocycles. The molecule has 3 heteroatoms. The van der Waals surface area contributed by atoms with Crippen LogP contribution in [0.25, 0.3) is 0 Å². The van der Waals surface area contributed by atoms with Crippen LogP contribution in [0.2, 0.25) is 0 Å². The quantitative estimate of drug-likeness (QED) is 0.353. The van der Waals surface area contributed by atoms with Crippen LogP contribution < -0.4 is 0 Å². The van der Waals surface area contributed by atoms with E-state index in [1.165, 1.54) is 0 Å². The van der Waals surface area contributed by atoms with Crippen molar-refractivity contribution in [1.82, 2.24) is 0 Å². The Bertz CT molecular complexity index is 202. The van der Waals surface area contributed by atoms with Gasteiger partial charge in [-0.3, -0.25) is 0 Å². The van der Waals surface area contributed by atoms with Gasteiger partial charge in [0.15, 0.2) is 0 Å². The summed E-state index contributed by atoms with van der Waals surface area (Å²) in [5.74, 6) is 2.45. The molecule has 0 aliphatic heterocycles. The number of sulfone groups is 1. The minimum atomic E-state index is -3.05. The molecule has 46 valence electrons. The molecule has 0 atom stereocenters. The molecular formula is C5H8O2S. The molecule has 0 N–H and O–H groups in total. The average Bonchev–Trinajstić information content (AvgIpc) is 1.59. The van der Waals surface area contributed by atoms with Gasteiger partial charge in [0.2, 0.25) is 9.84 Å². The van der Waals surface area contributed by atoms with Gasteiger partial charge in [0, 0.05) is 11.7 Å². The zero-order chi connectivity index (χ0) is 6.62. The normalized spacial score (nSPS) is 9.75. The molecule has 0 bridgehead atoms. The van der Waals surface area contributed by atoms with Crippen molar-refractivity contribution < 1.29 is 8.42 Å². The van der Waals surface area contributed by atoms with Crippen LogP contribution in [-0.2, 0) is 9.84 Å². The van der Waals surface area contributed by atoms with Gasteiger partial charge >= 0.3 is 0 Å². The summed E-state index contributed by atoms with van der Waals surface area (Å²) in [6, 6.07) is 0. The van der Waals surface area contributed by atoms with Crippen LogP contribution in [-0.4, -0.2) is 14.7 Å². The first-order valence-electron chi connectivity index (χ1n) is 2.26. The monoisotopic (exact) mass is 132 g/mol. The third-order valence-electron chi connectivity index (χ3n) is 0.434. The zero-order valence-corrected chi connectivity index (χ0v) is 5.75. The van der Waals surface area contributed by atoms with E-state index in [4.69, 9.17) is 0 Å². The molecule has 0 aromatic rings. The van der Waals surface area contributed by atoms with Gasteiger partial charge in [0.05, 0.1) is 6.26 Å². The van der Waals surface area contributed by atoms with Gasteiger partial charge < -0.3 is 0 Å². The van der Waals surface area contributed by atoms with Crippen LogP contribution >= 0.6 is 0 Å². The number of hydrogen-bond donors (Lipinski definition) is 0. The summed E-state index contributed by atoms with van der Waals surface area (Å²) < 4.78 is 20.4. The lowest BCUT2D eigenvalue weighted by Crippen LogP contribution is -1.87. The second kappa shape index (κ2) is 2.73. The molecule has 0 radical (unpaired) electrons. The highest BCUT2D eigenvalue weighted by molar-refractivity contribution is 7.95. The highest BCUT2D eigenvalue weighted by atomic mass is 32.2. The van der Waals surface area contributed by atoms with Crippen molar-refractivity contribution in [2.75, 3.05) is 6.26 Å². The Labute approximate surface area is 49.8 Å². The third kappa shape index (κ3) is 5.51. The smallest absolute Gasteiger partial charge is 0.213 e. The SMILES string of the molecule is CCC#CS(C)(=O)=O. The second-order valence-electron chi connectivity index (χ2n) is 1.40. The topological polar surface area (TPSA) is 34.1 Å². The van der Waals surface area contributed by atoms with E-state index in [1.807, 2.05) is 0 Å². The number of hydrogen-bond acceptors (Lipinski definition) is 2. The van der Waals surface area contributed by atoms with Crippen molar-refractivity contribution in [2.24, 2.45) is 0 Å². The van der Waals surface area contributed by atoms with E-state index in [-0.39, 0.29) is 0 Å². The average molecular weight is 132 g/mol. The predicted octanol–water partition coefficient (Wildman–Crippen LogP) is 0.402. The number of rotatable bonds is 0. The minimum Gasteiger partial charge on any atom is -0.216 e. The van der Waals surface area contributed by atoms with Crippen LogP contribution in [0, 0.1) is 11.2 Å². The molecule has 0 rings (SSSR count). The maximum absolute atomic E-state index is 10.2. The Morgan fingerprint density at radius 1 is 1.50 bits per heavy atom. The fourth-order valence-electron chi connectivity index (χ4n) is 0.203. The molecule has 0 amide bonds. The van der Waals surface area contributed by atoms with Gasteiger partial charge in [-0.05, 0) is 0 Å². The molecular weight excluding hydrogens is 124 g/mol. The molecule has 0 aliphatic carbocycles. The minimum absolute atomic E-state index is 0.590. The van der Waals surface area contributed by atoms with E-state index in [0.717, 1.165) is 6.26 Å². The predicted molar refractivity (Wildman–Crippen MR) is 32.9 cm³/mol. The van der Waals surface area contributed by atoms with Gasteiger partial charge in [0.1, 0.15) is 0 Å². The Hall–Kier alpha value is -0.490. The first-order chi connectivity index (χ1) is 3.56. The molecule has 0 aromatic carbocycles. The maximum Gasteiger partial charge on any atom is 0.213 e. The molecule has 2 nitrogen and oxygen atoms in total. The standard InChI is InChI=1S/C5H8O2S/c1-3-4-5-8(2,6)7/h3H2,1-2H3. The third-order valence-corrected chi connectivity index (χ3v) is 0.949. The Morgan fingerprint density at radius 3 is 2.12 bits per heavy atom. The fraction of sp³-hybridized carbons (Fsp3) is 0.600. The summed E-state index contributed by atoms with van der Waals surface area (Å²) in [5, 5.41) is 2.09. The van der Waals surface area contributed by atoms with Gasteiger partial charge in [0.25, 0.3) is 0 Å². The zero-order valence-electron chi connectivity index (χ0n) is 4.93. The highest BCUT2D eigenvalue weighted by Gasteiger charge is 1.88. The molecule has 0 aromatic heterocycles. The van der Waals surface area contributed by atoms with Crippen molar-refractivity contribution in [3.8, 4) is 11.2 Å². The fourth-order valence-corrected chi connectivity index (χ4v) is 0.610. The lowest BCUT2D eigenvalue weighted by atomic mass is 10.5. The van der Waals surface area contributed by atoms with E-state index in [2.05, 4.69) is 11.2 Å². The molecule has 0 spiro atoms. The van der Waals surface area contributed by atoms with Crippen molar-refractivity contribution in [3.05, 3.63) is 0 Å². The van der Waals surface area contributed by atoms with Gasteiger partial charge in [-0.25, -0.2) is 8.42 Å². The van der Waals surface area contributed by atoms with Gasteiger partial charge in [-0.15, -0.1) is 0 Å². The molecule has 0 saturated heterocycles. The molecule has 0 fully saturated rings. The summed E-state index contributed by atoms with van der Waals surface area (Å²) in [5.41, 5.74) is 0. The van der Waals surface area contributed by atoms with Crippen LogP contribution in [0.15, 0.2) is 0 Å². The Morgan fingerprint density at radius 2 is 2.00 bits per heavy atom. The van der Waals surface area contributed by atoms with Gasteiger partial charge in [-0.1, -0.05) is 12.8 Å². The van der Waals surface area contributed by atoms with Gasteiger partial charge in [-0.2, -0.15) is 0 Å². The van der Waals surface area contributed by atoms with Crippen molar-refractivity contribution in [2.45, 2.75) is 13.3 Å². The largest absolute Gasteiger partial charge is 0.216 e. The molecule has 0 aliphatic rings. The first kappa shape index (κ1) is 7.51. The molecule has 0 unspecified atom stereocenters.